The van der Waals surface area contributed by atoms with Crippen molar-refractivity contribution in [3.05, 3.63) is 0 Å². The van der Waals surface area contributed by atoms with E-state index in [0.717, 1.165) is 4.90 Å². The summed E-state index contributed by atoms with van der Waals surface area (Å²) in [5, 5.41) is 2.17. The lowest BCUT2D eigenvalue weighted by Gasteiger charge is -2.37. The Morgan fingerprint density at radius 1 is 1.35 bits per heavy atom. The summed E-state index contributed by atoms with van der Waals surface area (Å²) in [7, 11) is 0. The van der Waals surface area contributed by atoms with Crippen molar-refractivity contribution in [2.24, 2.45) is 5.92 Å². The van der Waals surface area contributed by atoms with Crippen LogP contribution in [0, 0.1) is 5.92 Å². The summed E-state index contributed by atoms with van der Waals surface area (Å²) >= 11 is 0. The molecule has 0 aromatic rings. The van der Waals surface area contributed by atoms with E-state index in [1.807, 2.05) is 0 Å². The summed E-state index contributed by atoms with van der Waals surface area (Å²) < 4.78 is 45.8. The molecule has 2 saturated heterocycles. The Balaban J connectivity index is 1.74. The van der Waals surface area contributed by atoms with E-state index in [2.05, 4.69) is 10.1 Å². The maximum Gasteiger partial charge on any atom is 0.407 e. The number of rotatable bonds is 1. The number of nitrogens with one attached hydrogen (secondary N) is 1. The minimum Gasteiger partial charge on any atom is -0.449 e. The first-order chi connectivity index (χ1) is 9.33. The van der Waals surface area contributed by atoms with Crippen molar-refractivity contribution < 1.29 is 27.5 Å². The van der Waals surface area contributed by atoms with Crippen molar-refractivity contribution in [1.82, 2.24) is 10.2 Å². The monoisotopic (exact) mass is 292 g/mol. The van der Waals surface area contributed by atoms with Gasteiger partial charge in [-0.05, 0) is 12.8 Å². The van der Waals surface area contributed by atoms with Gasteiger partial charge in [-0.3, -0.25) is 4.79 Å². The molecule has 0 radical (unpaired) electrons. The number of hydrogen-bond acceptors (Lipinski definition) is 3. The lowest BCUT2D eigenvalue weighted by Crippen LogP contribution is -2.63. The van der Waals surface area contributed by atoms with E-state index in [4.69, 9.17) is 0 Å². The Morgan fingerprint density at radius 3 is 2.65 bits per heavy atom. The van der Waals surface area contributed by atoms with Gasteiger partial charge in [-0.1, -0.05) is 0 Å². The molecule has 1 aliphatic carbocycles. The number of carbonyl (C=O) groups is 2. The Kier molecular flexibility index (Phi) is 2.88. The van der Waals surface area contributed by atoms with Crippen LogP contribution >= 0.6 is 0 Å². The summed E-state index contributed by atoms with van der Waals surface area (Å²) in [6.45, 7) is -1.08. The van der Waals surface area contributed by atoms with Crippen LogP contribution in [0.15, 0.2) is 0 Å². The molecule has 2 heterocycles. The van der Waals surface area contributed by atoms with Gasteiger partial charge in [0.15, 0.2) is 0 Å². The standard InChI is InChI=1S/C12H15F3N2O3/c13-8-3-7(4-8)9(18)17-5-11(12(14,15)6-17)1-2-20-10(19)16-11/h7-8H,1-6H2,(H,16,19). The molecule has 1 N–H and O–H groups in total. The van der Waals surface area contributed by atoms with Gasteiger partial charge in [-0.15, -0.1) is 0 Å². The molecule has 1 saturated carbocycles. The molecular weight excluding hydrogens is 277 g/mol. The second-order valence-electron chi connectivity index (χ2n) is 5.76. The first-order valence-electron chi connectivity index (χ1n) is 6.59. The minimum absolute atomic E-state index is 0.0497. The highest BCUT2D eigenvalue weighted by Crippen LogP contribution is 2.42. The van der Waals surface area contributed by atoms with Crippen LogP contribution in [0.1, 0.15) is 19.3 Å². The van der Waals surface area contributed by atoms with Gasteiger partial charge in [0.2, 0.25) is 5.91 Å². The highest BCUT2D eigenvalue weighted by Gasteiger charge is 2.63. The Bertz CT molecular complexity index is 453. The Labute approximate surface area is 113 Å². The van der Waals surface area contributed by atoms with Crippen molar-refractivity contribution in [2.75, 3.05) is 19.7 Å². The maximum absolute atomic E-state index is 14.2. The number of hydrogen-bond donors (Lipinski definition) is 1. The summed E-state index contributed by atoms with van der Waals surface area (Å²) in [6, 6.07) is 0. The lowest BCUT2D eigenvalue weighted by atomic mass is 9.82. The van der Waals surface area contributed by atoms with Crippen molar-refractivity contribution in [3.63, 3.8) is 0 Å². The molecular formula is C12H15F3N2O3. The van der Waals surface area contributed by atoms with E-state index in [-0.39, 0.29) is 32.4 Å². The van der Waals surface area contributed by atoms with E-state index in [1.54, 1.807) is 0 Å². The highest BCUT2D eigenvalue weighted by atomic mass is 19.3. The van der Waals surface area contributed by atoms with Gasteiger partial charge in [0.1, 0.15) is 11.7 Å². The quantitative estimate of drug-likeness (QED) is 0.787. The van der Waals surface area contributed by atoms with Crippen molar-refractivity contribution in [1.29, 1.82) is 0 Å². The van der Waals surface area contributed by atoms with Crippen LogP contribution in [0.4, 0.5) is 18.0 Å². The second kappa shape index (κ2) is 4.26. The third-order valence-electron chi connectivity index (χ3n) is 4.40. The third kappa shape index (κ3) is 1.92. The van der Waals surface area contributed by atoms with Crippen molar-refractivity contribution in [2.45, 2.75) is 36.9 Å². The third-order valence-corrected chi connectivity index (χ3v) is 4.40. The molecule has 1 spiro atoms. The number of alkyl halides is 3. The van der Waals surface area contributed by atoms with Crippen molar-refractivity contribution in [3.8, 4) is 0 Å². The van der Waals surface area contributed by atoms with E-state index < -0.39 is 42.1 Å². The number of carbonyl (C=O) groups excluding carboxylic acids is 2. The number of ether oxygens (including phenoxy) is 1. The molecule has 112 valence electrons. The normalized spacial score (nSPS) is 39.1. The average Bonchev–Trinajstić information content (AvgIpc) is 2.56. The number of halogens is 3. The SMILES string of the molecule is O=C1NC2(CCO1)CN(C(=O)C1CC(F)C1)CC2(F)F. The molecule has 0 aromatic carbocycles. The molecule has 8 heteroatoms. The van der Waals surface area contributed by atoms with E-state index >= 15 is 0 Å². The molecule has 3 fully saturated rings. The fourth-order valence-electron chi connectivity index (χ4n) is 3.06. The maximum atomic E-state index is 14.2. The zero-order valence-corrected chi connectivity index (χ0v) is 10.7. The Morgan fingerprint density at radius 2 is 2.05 bits per heavy atom. The molecule has 1 atom stereocenters. The van der Waals surface area contributed by atoms with Gasteiger partial charge in [0.05, 0.1) is 19.7 Å². The zero-order valence-electron chi connectivity index (χ0n) is 10.7. The largest absolute Gasteiger partial charge is 0.449 e. The average molecular weight is 292 g/mol. The fourth-order valence-corrected chi connectivity index (χ4v) is 3.06. The fraction of sp³-hybridized carbons (Fsp3) is 0.833. The number of amides is 2. The second-order valence-corrected chi connectivity index (χ2v) is 5.76. The molecule has 5 nitrogen and oxygen atoms in total. The molecule has 0 aromatic heterocycles. The van der Waals surface area contributed by atoms with Gasteiger partial charge < -0.3 is 15.0 Å². The van der Waals surface area contributed by atoms with Crippen LogP contribution in [0.3, 0.4) is 0 Å². The first kappa shape index (κ1) is 13.5. The van der Waals surface area contributed by atoms with Crippen LogP contribution in [0.5, 0.6) is 0 Å². The smallest absolute Gasteiger partial charge is 0.407 e. The van der Waals surface area contributed by atoms with Crippen LogP contribution < -0.4 is 5.32 Å². The van der Waals surface area contributed by atoms with Gasteiger partial charge in [-0.2, -0.15) is 0 Å². The summed E-state index contributed by atoms with van der Waals surface area (Å²) in [5.41, 5.74) is -1.75. The zero-order chi connectivity index (χ0) is 14.5. The number of cyclic esters (lactones) is 1. The van der Waals surface area contributed by atoms with Gasteiger partial charge in [-0.25, -0.2) is 18.0 Å². The summed E-state index contributed by atoms with van der Waals surface area (Å²) in [5.74, 6) is -4.16. The summed E-state index contributed by atoms with van der Waals surface area (Å²) in [6.07, 6.45) is -1.75. The highest BCUT2D eigenvalue weighted by molar-refractivity contribution is 5.81. The van der Waals surface area contributed by atoms with Crippen LogP contribution in [-0.4, -0.2) is 54.2 Å². The van der Waals surface area contributed by atoms with E-state index in [0.29, 0.717) is 0 Å². The van der Waals surface area contributed by atoms with E-state index in [9.17, 15) is 22.8 Å². The first-order valence-corrected chi connectivity index (χ1v) is 6.59. The van der Waals surface area contributed by atoms with Crippen LogP contribution in [-0.2, 0) is 9.53 Å². The Hall–Kier alpha value is -1.47. The topological polar surface area (TPSA) is 58.6 Å². The van der Waals surface area contributed by atoms with Crippen molar-refractivity contribution >= 4 is 12.0 Å². The van der Waals surface area contributed by atoms with E-state index in [1.165, 1.54) is 0 Å². The molecule has 3 aliphatic rings. The predicted molar refractivity (Wildman–Crippen MR) is 61.0 cm³/mol. The van der Waals surface area contributed by atoms with Gasteiger partial charge in [0, 0.05) is 12.3 Å². The number of nitrogens with zero attached hydrogens (tertiary/aromatic N) is 1. The molecule has 1 unspecified atom stereocenters. The van der Waals surface area contributed by atoms with Crippen LogP contribution in [0.25, 0.3) is 0 Å². The summed E-state index contributed by atoms with van der Waals surface area (Å²) in [4.78, 5) is 24.3. The molecule has 20 heavy (non-hydrogen) atoms. The molecule has 2 aliphatic heterocycles. The minimum atomic E-state index is -3.21. The van der Waals surface area contributed by atoms with Crippen LogP contribution in [0.2, 0.25) is 0 Å². The molecule has 3 rings (SSSR count). The van der Waals surface area contributed by atoms with Gasteiger partial charge >= 0.3 is 6.09 Å². The molecule has 0 bridgehead atoms. The van der Waals surface area contributed by atoms with Gasteiger partial charge in [0.25, 0.3) is 5.92 Å². The number of likely N-dealkylation sites (tertiary alicyclic amines) is 1. The molecule has 2 amide bonds. The predicted octanol–water partition coefficient (Wildman–Crippen LogP) is 1.08. The number of alkyl carbamates (subject to hydrolysis) is 1. The lowest BCUT2D eigenvalue weighted by molar-refractivity contribution is -0.140.